The summed E-state index contributed by atoms with van der Waals surface area (Å²) in [6, 6.07) is 13.3. The first kappa shape index (κ1) is 21.2. The van der Waals surface area contributed by atoms with Gasteiger partial charge in [-0.3, -0.25) is 0 Å². The molecule has 3 aromatic rings. The topological polar surface area (TPSA) is 98.3 Å². The number of aromatic nitrogens is 1. The van der Waals surface area contributed by atoms with Crippen LogP contribution in [0.1, 0.15) is 6.42 Å². The lowest BCUT2D eigenvalue weighted by Crippen LogP contribution is -2.33. The Morgan fingerprint density at radius 2 is 1.86 bits per heavy atom. The second-order valence-electron chi connectivity index (χ2n) is 6.60. The van der Waals surface area contributed by atoms with Gasteiger partial charge in [-0.1, -0.05) is 0 Å². The monoisotopic (exact) mass is 434 g/mol. The summed E-state index contributed by atoms with van der Waals surface area (Å²) in [5.41, 5.74) is 2.65. The molecule has 1 aromatic heterocycles. The van der Waals surface area contributed by atoms with Crippen LogP contribution in [0.15, 0.2) is 52.7 Å². The van der Waals surface area contributed by atoms with Crippen LogP contribution in [0.3, 0.4) is 0 Å². The number of benzene rings is 2. The number of azo groups is 1. The number of hydrogen-bond acceptors (Lipinski definition) is 8. The van der Waals surface area contributed by atoms with Crippen molar-refractivity contribution in [1.82, 2.24) is 0 Å². The molecule has 0 atom stereocenters. The van der Waals surface area contributed by atoms with Crippen molar-refractivity contribution in [2.75, 3.05) is 31.9 Å². The van der Waals surface area contributed by atoms with Gasteiger partial charge in [0.25, 0.3) is 0 Å². The van der Waals surface area contributed by atoms with Crippen molar-refractivity contribution in [3.8, 4) is 5.75 Å². The summed E-state index contributed by atoms with van der Waals surface area (Å²) in [7, 11) is 1.27. The predicted molar refractivity (Wildman–Crippen MR) is 113 cm³/mol. The van der Waals surface area contributed by atoms with E-state index in [1.165, 1.54) is 11.3 Å². The van der Waals surface area contributed by atoms with Crippen molar-refractivity contribution in [2.24, 2.45) is 10.2 Å². The van der Waals surface area contributed by atoms with Gasteiger partial charge in [0.2, 0.25) is 0 Å². The van der Waals surface area contributed by atoms with E-state index in [0.29, 0.717) is 17.4 Å². The fourth-order valence-corrected chi connectivity index (χ4v) is 4.31. The number of ether oxygens (including phenoxy) is 1. The molecule has 0 bridgehead atoms. The summed E-state index contributed by atoms with van der Waals surface area (Å²) < 4.78 is 41.0. The highest BCUT2D eigenvalue weighted by Crippen LogP contribution is 2.31. The van der Waals surface area contributed by atoms with Crippen LogP contribution < -0.4 is 14.2 Å². The lowest BCUT2D eigenvalue weighted by Gasteiger charge is -2.11. The average molecular weight is 435 g/mol. The Balaban J connectivity index is 1.92. The zero-order chi connectivity index (χ0) is 21.0. The molecule has 0 saturated carbocycles. The van der Waals surface area contributed by atoms with Gasteiger partial charge in [-0.25, -0.2) is 13.0 Å². The van der Waals surface area contributed by atoms with Crippen molar-refractivity contribution in [3.05, 3.63) is 42.5 Å². The van der Waals surface area contributed by atoms with Gasteiger partial charge < -0.3 is 14.2 Å². The molecular weight excluding hydrogens is 412 g/mol. The van der Waals surface area contributed by atoms with Crippen LogP contribution in [-0.4, -0.2) is 39.9 Å². The normalized spacial score (nSPS) is 12.0. The number of nitrogens with zero attached hydrogens (tertiary/aromatic N) is 4. The lowest BCUT2D eigenvalue weighted by atomic mass is 10.3. The van der Waals surface area contributed by atoms with Gasteiger partial charge in [-0.15, -0.1) is 0 Å². The molecule has 0 radical (unpaired) electrons. The van der Waals surface area contributed by atoms with Gasteiger partial charge >= 0.3 is 5.13 Å². The lowest BCUT2D eigenvalue weighted by molar-refractivity contribution is -0.654. The molecule has 1 heterocycles. The van der Waals surface area contributed by atoms with Gasteiger partial charge in [-0.05, 0) is 59.3 Å². The maximum Gasteiger partial charge on any atom is 0.409 e. The Bertz CT molecular complexity index is 1120. The molecule has 0 aliphatic heterocycles. The molecule has 0 saturated heterocycles. The SMILES string of the molecule is COc1ccc2c(c1)sc(/N=N/c1ccc(N(C)C)cc1)[n+]2CCCS(=O)(=O)[O-]. The molecule has 0 unspecified atom stereocenters. The standard InChI is InChI=1S/C19H22N4O4S2/c1-22(2)15-7-5-14(6-8-15)20-21-19-23(11-4-12-29(24,25)26)17-10-9-16(27-3)13-18(17)28-19/h5-10,13H,4,11-12H2,1-3H3. The van der Waals surface area contributed by atoms with E-state index in [1.807, 2.05) is 66.0 Å². The Morgan fingerprint density at radius 1 is 1.14 bits per heavy atom. The second-order valence-corrected chi connectivity index (χ2v) is 9.13. The van der Waals surface area contributed by atoms with Gasteiger partial charge in [0.05, 0.1) is 33.6 Å². The van der Waals surface area contributed by atoms with Crippen molar-refractivity contribution in [2.45, 2.75) is 13.0 Å². The fraction of sp³-hybridized carbons (Fsp3) is 0.316. The predicted octanol–water partition coefficient (Wildman–Crippen LogP) is 3.61. The Labute approximate surface area is 173 Å². The third-order valence-corrected chi connectivity index (χ3v) is 6.10. The quantitative estimate of drug-likeness (QED) is 0.306. The molecule has 29 heavy (non-hydrogen) atoms. The number of rotatable bonds is 8. The second kappa shape index (κ2) is 8.85. The van der Waals surface area contributed by atoms with E-state index in [0.717, 1.165) is 21.7 Å². The van der Waals surface area contributed by atoms with Crippen LogP contribution in [0.4, 0.5) is 16.5 Å². The van der Waals surface area contributed by atoms with Crippen LogP contribution in [0.25, 0.3) is 10.2 Å². The average Bonchev–Trinajstić information content (AvgIpc) is 3.02. The zero-order valence-corrected chi connectivity index (χ0v) is 18.0. The summed E-state index contributed by atoms with van der Waals surface area (Å²) in [4.78, 5) is 2.00. The van der Waals surface area contributed by atoms with E-state index in [2.05, 4.69) is 10.2 Å². The van der Waals surface area contributed by atoms with Crippen molar-refractivity contribution >= 4 is 48.2 Å². The highest BCUT2D eigenvalue weighted by Gasteiger charge is 2.20. The van der Waals surface area contributed by atoms with Crippen LogP contribution in [-0.2, 0) is 16.7 Å². The first-order valence-electron chi connectivity index (χ1n) is 8.90. The molecule has 10 heteroatoms. The first-order valence-corrected chi connectivity index (χ1v) is 11.3. The van der Waals surface area contributed by atoms with Crippen LogP contribution in [0.2, 0.25) is 0 Å². The van der Waals surface area contributed by atoms with Gasteiger partial charge in [0.1, 0.15) is 17.0 Å². The summed E-state index contributed by atoms with van der Waals surface area (Å²) in [6.45, 7) is 0.349. The minimum Gasteiger partial charge on any atom is -0.748 e. The smallest absolute Gasteiger partial charge is 0.409 e. The number of methoxy groups -OCH3 is 1. The fourth-order valence-electron chi connectivity index (χ4n) is 2.79. The molecule has 0 aliphatic rings. The number of thiazole rings is 1. The largest absolute Gasteiger partial charge is 0.748 e. The Kier molecular flexibility index (Phi) is 6.46. The number of fused-ring (bicyclic) bond motifs is 1. The Morgan fingerprint density at radius 3 is 2.48 bits per heavy atom. The van der Waals surface area contributed by atoms with Crippen molar-refractivity contribution in [3.63, 3.8) is 0 Å². The van der Waals surface area contributed by atoms with E-state index in [4.69, 9.17) is 4.74 Å². The Hall–Kier alpha value is -2.56. The maximum absolute atomic E-state index is 11.0. The maximum atomic E-state index is 11.0. The van der Waals surface area contributed by atoms with Crippen LogP contribution >= 0.6 is 11.3 Å². The third-order valence-electron chi connectivity index (χ3n) is 4.28. The van der Waals surface area contributed by atoms with Gasteiger partial charge in [-0.2, -0.15) is 0 Å². The molecule has 8 nitrogen and oxygen atoms in total. The minimum absolute atomic E-state index is 0.203. The molecular formula is C19H22N4O4S2. The molecule has 3 rings (SSSR count). The molecule has 0 spiro atoms. The summed E-state index contributed by atoms with van der Waals surface area (Å²) in [5, 5.41) is 9.32. The van der Waals surface area contributed by atoms with E-state index >= 15 is 0 Å². The van der Waals surface area contributed by atoms with Crippen LogP contribution in [0.5, 0.6) is 5.75 Å². The molecule has 0 amide bonds. The first-order chi connectivity index (χ1) is 13.8. The van der Waals surface area contributed by atoms with Gasteiger partial charge in [0.15, 0.2) is 0 Å². The highest BCUT2D eigenvalue weighted by atomic mass is 32.2. The van der Waals surface area contributed by atoms with Gasteiger partial charge in [0, 0.05) is 31.6 Å². The molecule has 2 aromatic carbocycles. The van der Waals surface area contributed by atoms with Crippen molar-refractivity contribution < 1.29 is 22.3 Å². The molecule has 154 valence electrons. The number of aryl methyl sites for hydroxylation is 1. The van der Waals surface area contributed by atoms with E-state index < -0.39 is 15.9 Å². The third kappa shape index (κ3) is 5.49. The van der Waals surface area contributed by atoms with E-state index in [-0.39, 0.29) is 6.42 Å². The van der Waals surface area contributed by atoms with E-state index in [1.54, 1.807) is 7.11 Å². The molecule has 0 N–H and O–H groups in total. The zero-order valence-electron chi connectivity index (χ0n) is 16.4. The van der Waals surface area contributed by atoms with Crippen molar-refractivity contribution in [1.29, 1.82) is 0 Å². The summed E-state index contributed by atoms with van der Waals surface area (Å²) >= 11 is 1.43. The van der Waals surface area contributed by atoms with E-state index in [9.17, 15) is 13.0 Å². The number of anilines is 1. The minimum atomic E-state index is -4.26. The highest BCUT2D eigenvalue weighted by molar-refractivity contribution is 7.85. The summed E-state index contributed by atoms with van der Waals surface area (Å²) in [5.74, 6) is 0.298. The number of hydrogen-bond donors (Lipinski definition) is 0. The van der Waals surface area contributed by atoms with Crippen LogP contribution in [0, 0.1) is 0 Å². The summed E-state index contributed by atoms with van der Waals surface area (Å²) in [6.07, 6.45) is 0.203. The molecule has 0 fully saturated rings. The molecule has 0 aliphatic carbocycles.